The number of nitrogens with zero attached hydrogens (tertiary/aromatic N) is 1. The molecule has 1 aliphatic rings. The van der Waals surface area contributed by atoms with E-state index in [1.165, 1.54) is 12.8 Å². The van der Waals surface area contributed by atoms with Crippen molar-refractivity contribution in [3.05, 3.63) is 0 Å². The molecule has 2 atom stereocenters. The Labute approximate surface area is 75.6 Å². The third-order valence-corrected chi connectivity index (χ3v) is 2.66. The van der Waals surface area contributed by atoms with Crippen molar-refractivity contribution >= 4 is 0 Å². The van der Waals surface area contributed by atoms with E-state index in [9.17, 15) is 5.11 Å². The summed E-state index contributed by atoms with van der Waals surface area (Å²) in [5.41, 5.74) is 0. The lowest BCUT2D eigenvalue weighted by molar-refractivity contribution is 0.0801. The lowest BCUT2D eigenvalue weighted by Gasteiger charge is -2.28. The Morgan fingerprint density at radius 2 is 2.08 bits per heavy atom. The maximum atomic E-state index is 9.63. The second kappa shape index (κ2) is 4.24. The fourth-order valence-corrected chi connectivity index (χ4v) is 2.15. The first-order valence-electron chi connectivity index (χ1n) is 4.99. The van der Waals surface area contributed by atoms with Crippen LogP contribution >= 0.6 is 0 Å². The number of rotatable bonds is 3. The van der Waals surface area contributed by atoms with E-state index in [4.69, 9.17) is 0 Å². The van der Waals surface area contributed by atoms with Gasteiger partial charge in [-0.1, -0.05) is 13.8 Å². The van der Waals surface area contributed by atoms with Gasteiger partial charge in [0.05, 0.1) is 6.10 Å². The Morgan fingerprint density at radius 1 is 1.42 bits per heavy atom. The monoisotopic (exact) mass is 171 g/mol. The molecule has 0 aliphatic heterocycles. The molecule has 0 bridgehead atoms. The molecule has 1 fully saturated rings. The lowest BCUT2D eigenvalue weighted by Crippen LogP contribution is -2.39. The highest BCUT2D eigenvalue weighted by atomic mass is 16.3. The van der Waals surface area contributed by atoms with E-state index in [0.29, 0.717) is 12.0 Å². The Kier molecular flexibility index (Phi) is 3.53. The molecular weight excluding hydrogens is 150 g/mol. The molecule has 1 saturated carbocycles. The van der Waals surface area contributed by atoms with Gasteiger partial charge in [-0.25, -0.2) is 0 Å². The van der Waals surface area contributed by atoms with Crippen molar-refractivity contribution in [3.8, 4) is 0 Å². The highest BCUT2D eigenvalue weighted by Gasteiger charge is 2.28. The number of hydrogen-bond acceptors (Lipinski definition) is 2. The topological polar surface area (TPSA) is 23.5 Å². The number of likely N-dealkylation sites (N-methyl/N-ethyl adjacent to an activating group) is 1. The summed E-state index contributed by atoms with van der Waals surface area (Å²) < 4.78 is 0. The first-order chi connectivity index (χ1) is 5.61. The zero-order valence-corrected chi connectivity index (χ0v) is 8.45. The molecule has 2 heteroatoms. The Morgan fingerprint density at radius 3 is 2.50 bits per heavy atom. The second-order valence-corrected chi connectivity index (χ2v) is 4.40. The summed E-state index contributed by atoms with van der Waals surface area (Å²) in [7, 11) is 2.12. The number of hydrogen-bond donors (Lipinski definition) is 1. The van der Waals surface area contributed by atoms with E-state index in [-0.39, 0.29) is 6.10 Å². The highest BCUT2D eigenvalue weighted by Crippen LogP contribution is 2.23. The predicted octanol–water partition coefficient (Wildman–Crippen LogP) is 1.49. The maximum Gasteiger partial charge on any atom is 0.0695 e. The van der Waals surface area contributed by atoms with Crippen LogP contribution < -0.4 is 0 Å². The smallest absolute Gasteiger partial charge is 0.0695 e. The van der Waals surface area contributed by atoms with Gasteiger partial charge in [-0.15, -0.1) is 0 Å². The van der Waals surface area contributed by atoms with Gasteiger partial charge in [-0.2, -0.15) is 0 Å². The molecule has 0 radical (unpaired) electrons. The zero-order chi connectivity index (χ0) is 9.14. The summed E-state index contributed by atoms with van der Waals surface area (Å²) in [6.45, 7) is 5.54. The molecule has 72 valence electrons. The standard InChI is InChI=1S/C10H21NO/c1-8(2)7-11(3)9-5-4-6-10(9)12/h8-10,12H,4-7H2,1-3H3/t9?,10-/m1/s1. The molecule has 0 aromatic heterocycles. The first-order valence-corrected chi connectivity index (χ1v) is 4.99. The summed E-state index contributed by atoms with van der Waals surface area (Å²) in [5, 5.41) is 9.63. The minimum Gasteiger partial charge on any atom is -0.391 e. The van der Waals surface area contributed by atoms with E-state index >= 15 is 0 Å². The van der Waals surface area contributed by atoms with Crippen LogP contribution in [0.25, 0.3) is 0 Å². The first kappa shape index (κ1) is 10.0. The van der Waals surface area contributed by atoms with E-state index in [1.807, 2.05) is 0 Å². The van der Waals surface area contributed by atoms with Crippen LogP contribution in [0.15, 0.2) is 0 Å². The fourth-order valence-electron chi connectivity index (χ4n) is 2.15. The molecular formula is C10H21NO. The van der Waals surface area contributed by atoms with Gasteiger partial charge in [0.2, 0.25) is 0 Å². The largest absolute Gasteiger partial charge is 0.391 e. The molecule has 1 N–H and O–H groups in total. The molecule has 0 spiro atoms. The fraction of sp³-hybridized carbons (Fsp3) is 1.00. The van der Waals surface area contributed by atoms with E-state index in [0.717, 1.165) is 13.0 Å². The molecule has 0 aromatic rings. The van der Waals surface area contributed by atoms with Gasteiger partial charge in [0.25, 0.3) is 0 Å². The summed E-state index contributed by atoms with van der Waals surface area (Å²) in [4.78, 5) is 2.31. The molecule has 0 heterocycles. The molecule has 1 rings (SSSR count). The summed E-state index contributed by atoms with van der Waals surface area (Å²) in [6.07, 6.45) is 3.28. The molecule has 0 amide bonds. The molecule has 12 heavy (non-hydrogen) atoms. The molecule has 1 aliphatic carbocycles. The van der Waals surface area contributed by atoms with Gasteiger partial charge in [-0.05, 0) is 32.2 Å². The number of aliphatic hydroxyl groups is 1. The van der Waals surface area contributed by atoms with Crippen LogP contribution in [0.2, 0.25) is 0 Å². The zero-order valence-electron chi connectivity index (χ0n) is 8.45. The van der Waals surface area contributed by atoms with Crippen LogP contribution in [0.4, 0.5) is 0 Å². The predicted molar refractivity (Wildman–Crippen MR) is 51.1 cm³/mol. The lowest BCUT2D eigenvalue weighted by atomic mass is 10.1. The van der Waals surface area contributed by atoms with Crippen molar-refractivity contribution in [3.63, 3.8) is 0 Å². The van der Waals surface area contributed by atoms with Crippen LogP contribution in [0.3, 0.4) is 0 Å². The summed E-state index contributed by atoms with van der Waals surface area (Å²) >= 11 is 0. The average molecular weight is 171 g/mol. The van der Waals surface area contributed by atoms with Crippen LogP contribution in [0.1, 0.15) is 33.1 Å². The minimum atomic E-state index is -0.0752. The SMILES string of the molecule is CC(C)CN(C)C1CCC[C@H]1O. The van der Waals surface area contributed by atoms with Crippen molar-refractivity contribution in [1.29, 1.82) is 0 Å². The highest BCUT2D eigenvalue weighted by molar-refractivity contribution is 4.83. The van der Waals surface area contributed by atoms with E-state index in [2.05, 4.69) is 25.8 Å². The quantitative estimate of drug-likeness (QED) is 0.695. The normalized spacial score (nSPS) is 30.5. The Balaban J connectivity index is 2.35. The molecule has 2 nitrogen and oxygen atoms in total. The van der Waals surface area contributed by atoms with Gasteiger partial charge in [0, 0.05) is 12.6 Å². The summed E-state index contributed by atoms with van der Waals surface area (Å²) in [5.74, 6) is 0.697. The second-order valence-electron chi connectivity index (χ2n) is 4.40. The molecule has 0 aromatic carbocycles. The van der Waals surface area contributed by atoms with Crippen molar-refractivity contribution in [2.24, 2.45) is 5.92 Å². The Bertz CT molecular complexity index is 136. The Hall–Kier alpha value is -0.0800. The van der Waals surface area contributed by atoms with Crippen molar-refractivity contribution < 1.29 is 5.11 Å². The van der Waals surface area contributed by atoms with Crippen molar-refractivity contribution in [2.75, 3.05) is 13.6 Å². The third kappa shape index (κ3) is 2.46. The number of aliphatic hydroxyl groups excluding tert-OH is 1. The van der Waals surface area contributed by atoms with Crippen LogP contribution in [0, 0.1) is 5.92 Å². The van der Waals surface area contributed by atoms with E-state index < -0.39 is 0 Å². The van der Waals surface area contributed by atoms with Gasteiger partial charge in [0.15, 0.2) is 0 Å². The van der Waals surface area contributed by atoms with Gasteiger partial charge in [0.1, 0.15) is 0 Å². The van der Waals surface area contributed by atoms with Crippen molar-refractivity contribution in [1.82, 2.24) is 4.90 Å². The van der Waals surface area contributed by atoms with E-state index in [1.54, 1.807) is 0 Å². The van der Waals surface area contributed by atoms with Crippen LogP contribution in [-0.4, -0.2) is 35.7 Å². The average Bonchev–Trinajstić information content (AvgIpc) is 2.33. The minimum absolute atomic E-state index is 0.0752. The molecule has 1 unspecified atom stereocenters. The third-order valence-electron chi connectivity index (χ3n) is 2.66. The van der Waals surface area contributed by atoms with Gasteiger partial charge in [-0.3, -0.25) is 0 Å². The van der Waals surface area contributed by atoms with Crippen molar-refractivity contribution in [2.45, 2.75) is 45.3 Å². The maximum absolute atomic E-state index is 9.63. The van der Waals surface area contributed by atoms with Crippen LogP contribution in [0.5, 0.6) is 0 Å². The summed E-state index contributed by atoms with van der Waals surface area (Å²) in [6, 6.07) is 0.424. The van der Waals surface area contributed by atoms with Crippen LogP contribution in [-0.2, 0) is 0 Å². The molecule has 0 saturated heterocycles. The van der Waals surface area contributed by atoms with Gasteiger partial charge >= 0.3 is 0 Å². The van der Waals surface area contributed by atoms with Gasteiger partial charge < -0.3 is 10.0 Å².